The normalized spacial score (nSPS) is 15.8. The van der Waals surface area contributed by atoms with Gasteiger partial charge in [0.25, 0.3) is 0 Å². The molecule has 4 nitrogen and oxygen atoms in total. The molecule has 0 N–H and O–H groups in total. The number of halogens is 1. The predicted octanol–water partition coefficient (Wildman–Crippen LogP) is 2.99. The molecule has 0 aliphatic carbocycles. The molecule has 1 aliphatic heterocycles. The lowest BCUT2D eigenvalue weighted by atomic mass is 10.0. The van der Waals surface area contributed by atoms with Crippen LogP contribution in [-0.4, -0.2) is 23.0 Å². The van der Waals surface area contributed by atoms with E-state index in [2.05, 4.69) is 5.10 Å². The Hall–Kier alpha value is -2.19. The highest BCUT2D eigenvalue weighted by molar-refractivity contribution is 5.63. The molecule has 0 unspecified atom stereocenters. The molecule has 0 atom stereocenters. The first-order chi connectivity index (χ1) is 10.2. The number of rotatable bonds is 3. The van der Waals surface area contributed by atoms with Crippen LogP contribution in [-0.2, 0) is 11.3 Å². The fraction of sp³-hybridized carbons (Fsp3) is 0.375. The van der Waals surface area contributed by atoms with E-state index in [1.807, 2.05) is 16.9 Å². The van der Waals surface area contributed by atoms with Crippen molar-refractivity contribution in [3.8, 4) is 17.2 Å². The molecule has 3 rings (SSSR count). The molecule has 1 saturated heterocycles. The van der Waals surface area contributed by atoms with Gasteiger partial charge in [-0.05, 0) is 42.5 Å². The molecule has 1 fully saturated rings. The number of hydrogen-bond donors (Lipinski definition) is 0. The summed E-state index contributed by atoms with van der Waals surface area (Å²) >= 11 is 0. The molecule has 0 amide bonds. The molecule has 21 heavy (non-hydrogen) atoms. The van der Waals surface area contributed by atoms with Gasteiger partial charge in [0.2, 0.25) is 0 Å². The summed E-state index contributed by atoms with van der Waals surface area (Å²) in [5.74, 6) is 0.176. The van der Waals surface area contributed by atoms with Crippen LogP contribution in [0.2, 0.25) is 0 Å². The summed E-state index contributed by atoms with van der Waals surface area (Å²) < 4.78 is 20.7. The summed E-state index contributed by atoms with van der Waals surface area (Å²) in [4.78, 5) is 0. The topological polar surface area (TPSA) is 50.8 Å². The van der Waals surface area contributed by atoms with Crippen molar-refractivity contribution in [3.63, 3.8) is 0 Å². The maximum Gasteiger partial charge on any atom is 0.125 e. The largest absolute Gasteiger partial charge is 0.381 e. The molecule has 1 aliphatic rings. The molecule has 5 heteroatoms. The van der Waals surface area contributed by atoms with Gasteiger partial charge < -0.3 is 4.74 Å². The minimum atomic E-state index is -0.402. The van der Waals surface area contributed by atoms with E-state index < -0.39 is 5.82 Å². The Morgan fingerprint density at radius 3 is 2.86 bits per heavy atom. The fourth-order valence-corrected chi connectivity index (χ4v) is 2.63. The van der Waals surface area contributed by atoms with Crippen molar-refractivity contribution in [1.29, 1.82) is 5.26 Å². The van der Waals surface area contributed by atoms with Crippen LogP contribution in [0.4, 0.5) is 4.39 Å². The molecule has 0 bridgehead atoms. The van der Waals surface area contributed by atoms with Gasteiger partial charge in [-0.25, -0.2) is 4.39 Å². The molecule has 0 spiro atoms. The van der Waals surface area contributed by atoms with Gasteiger partial charge in [-0.15, -0.1) is 0 Å². The Balaban J connectivity index is 1.78. The average Bonchev–Trinajstić information content (AvgIpc) is 2.96. The molecule has 1 aromatic heterocycles. The Bertz CT molecular complexity index is 668. The van der Waals surface area contributed by atoms with Crippen molar-refractivity contribution in [1.82, 2.24) is 9.78 Å². The van der Waals surface area contributed by atoms with Crippen molar-refractivity contribution < 1.29 is 9.13 Å². The molecular formula is C16H16FN3O. The highest BCUT2D eigenvalue weighted by Gasteiger charge is 2.15. The lowest BCUT2D eigenvalue weighted by molar-refractivity contribution is 0.0601. The van der Waals surface area contributed by atoms with Crippen LogP contribution in [0.5, 0.6) is 0 Å². The highest BCUT2D eigenvalue weighted by Crippen LogP contribution is 2.23. The summed E-state index contributed by atoms with van der Waals surface area (Å²) in [5.41, 5.74) is 1.84. The van der Waals surface area contributed by atoms with Crippen LogP contribution in [0, 0.1) is 23.1 Å². The lowest BCUT2D eigenvalue weighted by Crippen LogP contribution is -2.20. The number of benzene rings is 1. The number of nitriles is 1. The van der Waals surface area contributed by atoms with Gasteiger partial charge in [0, 0.05) is 31.5 Å². The highest BCUT2D eigenvalue weighted by atomic mass is 19.1. The van der Waals surface area contributed by atoms with E-state index in [0.29, 0.717) is 17.0 Å². The van der Waals surface area contributed by atoms with E-state index in [1.165, 1.54) is 12.1 Å². The minimum absolute atomic E-state index is 0.321. The van der Waals surface area contributed by atoms with Crippen LogP contribution in [0.25, 0.3) is 11.1 Å². The second kappa shape index (κ2) is 6.06. The monoisotopic (exact) mass is 285 g/mol. The van der Waals surface area contributed by atoms with Crippen LogP contribution in [0.3, 0.4) is 0 Å². The number of nitrogens with zero attached hydrogens (tertiary/aromatic N) is 3. The third-order valence-corrected chi connectivity index (χ3v) is 3.78. The SMILES string of the molecule is N#Cc1cc(F)cc(-c2cnn(CC3CCOCC3)c2)c1. The molecule has 1 aromatic carbocycles. The summed E-state index contributed by atoms with van der Waals surface area (Å²) in [6.07, 6.45) is 5.72. The van der Waals surface area contributed by atoms with Crippen LogP contribution in [0.15, 0.2) is 30.6 Å². The Morgan fingerprint density at radius 2 is 2.10 bits per heavy atom. The maximum atomic E-state index is 13.5. The second-order valence-corrected chi connectivity index (χ2v) is 5.35. The zero-order chi connectivity index (χ0) is 14.7. The van der Waals surface area contributed by atoms with E-state index in [0.717, 1.165) is 38.2 Å². The zero-order valence-electron chi connectivity index (χ0n) is 11.6. The molecular weight excluding hydrogens is 269 g/mol. The maximum absolute atomic E-state index is 13.5. The quantitative estimate of drug-likeness (QED) is 0.871. The van der Waals surface area contributed by atoms with E-state index in [-0.39, 0.29) is 0 Å². The first-order valence-corrected chi connectivity index (χ1v) is 7.06. The number of hydrogen-bond acceptors (Lipinski definition) is 3. The summed E-state index contributed by atoms with van der Waals surface area (Å²) in [6, 6.07) is 6.31. The molecule has 2 heterocycles. The Morgan fingerprint density at radius 1 is 1.29 bits per heavy atom. The van der Waals surface area contributed by atoms with Crippen LogP contribution in [0.1, 0.15) is 18.4 Å². The van der Waals surface area contributed by atoms with Gasteiger partial charge in [-0.1, -0.05) is 0 Å². The van der Waals surface area contributed by atoms with Gasteiger partial charge in [-0.3, -0.25) is 4.68 Å². The van der Waals surface area contributed by atoms with E-state index >= 15 is 0 Å². The smallest absolute Gasteiger partial charge is 0.125 e. The van der Waals surface area contributed by atoms with Gasteiger partial charge in [0.05, 0.1) is 17.8 Å². The van der Waals surface area contributed by atoms with Crippen molar-refractivity contribution >= 4 is 0 Å². The van der Waals surface area contributed by atoms with Crippen molar-refractivity contribution in [2.75, 3.05) is 13.2 Å². The van der Waals surface area contributed by atoms with Gasteiger partial charge >= 0.3 is 0 Å². The third kappa shape index (κ3) is 3.29. The molecule has 0 radical (unpaired) electrons. The van der Waals surface area contributed by atoms with Crippen LogP contribution >= 0.6 is 0 Å². The summed E-state index contributed by atoms with van der Waals surface area (Å²) in [7, 11) is 0. The lowest BCUT2D eigenvalue weighted by Gasteiger charge is -2.21. The van der Waals surface area contributed by atoms with Crippen molar-refractivity contribution in [3.05, 3.63) is 42.0 Å². The van der Waals surface area contributed by atoms with Gasteiger partial charge in [0.15, 0.2) is 0 Å². The first-order valence-electron chi connectivity index (χ1n) is 7.06. The molecule has 108 valence electrons. The standard InChI is InChI=1S/C16H16FN3O/c17-16-6-13(8-18)5-14(7-16)15-9-19-20(11-15)10-12-1-3-21-4-2-12/h5-7,9,11-12H,1-4,10H2. The van der Waals surface area contributed by atoms with Crippen LogP contribution < -0.4 is 0 Å². The summed E-state index contributed by atoms with van der Waals surface area (Å²) in [5, 5.41) is 13.2. The Labute approximate surface area is 122 Å². The average molecular weight is 285 g/mol. The zero-order valence-corrected chi connectivity index (χ0v) is 11.6. The first kappa shape index (κ1) is 13.8. The molecule has 0 saturated carbocycles. The van der Waals surface area contributed by atoms with E-state index in [1.54, 1.807) is 12.3 Å². The number of ether oxygens (including phenoxy) is 1. The Kier molecular flexibility index (Phi) is 3.98. The van der Waals surface area contributed by atoms with Gasteiger partial charge in [0.1, 0.15) is 5.82 Å². The fourth-order valence-electron chi connectivity index (χ4n) is 2.63. The molecule has 2 aromatic rings. The summed E-state index contributed by atoms with van der Waals surface area (Å²) in [6.45, 7) is 2.48. The minimum Gasteiger partial charge on any atom is -0.381 e. The number of aromatic nitrogens is 2. The van der Waals surface area contributed by atoms with E-state index in [9.17, 15) is 4.39 Å². The third-order valence-electron chi connectivity index (χ3n) is 3.78. The predicted molar refractivity (Wildman–Crippen MR) is 75.9 cm³/mol. The second-order valence-electron chi connectivity index (χ2n) is 5.35. The van der Waals surface area contributed by atoms with E-state index in [4.69, 9.17) is 10.00 Å². The van der Waals surface area contributed by atoms with Crippen molar-refractivity contribution in [2.24, 2.45) is 5.92 Å². The van der Waals surface area contributed by atoms with Crippen molar-refractivity contribution in [2.45, 2.75) is 19.4 Å². The van der Waals surface area contributed by atoms with Gasteiger partial charge in [-0.2, -0.15) is 10.4 Å².